The lowest BCUT2D eigenvalue weighted by molar-refractivity contribution is -0.139. The molecule has 0 bridgehead atoms. The summed E-state index contributed by atoms with van der Waals surface area (Å²) >= 11 is 0. The Morgan fingerprint density at radius 1 is 1.09 bits per heavy atom. The molecule has 1 atom stereocenters. The van der Waals surface area contributed by atoms with Crippen molar-refractivity contribution in [2.24, 2.45) is 5.73 Å². The molecule has 0 aromatic heterocycles. The summed E-state index contributed by atoms with van der Waals surface area (Å²) in [6.07, 6.45) is 4.01. The summed E-state index contributed by atoms with van der Waals surface area (Å²) in [7, 11) is 0. The van der Waals surface area contributed by atoms with E-state index in [4.69, 9.17) is 5.73 Å². The van der Waals surface area contributed by atoms with Crippen molar-refractivity contribution in [2.45, 2.75) is 37.8 Å². The number of nitrogens with two attached hydrogens (primary N) is 1. The number of benzene rings is 1. The predicted molar refractivity (Wildman–Crippen MR) is 98.3 cm³/mol. The van der Waals surface area contributed by atoms with Crippen molar-refractivity contribution in [3.63, 3.8) is 0 Å². The molecule has 1 aliphatic carbocycles. The molecule has 1 amide bonds. The van der Waals surface area contributed by atoms with Crippen LogP contribution in [0.1, 0.15) is 31.7 Å². The van der Waals surface area contributed by atoms with Gasteiger partial charge in [0.25, 0.3) is 0 Å². The molecule has 4 nitrogen and oxygen atoms in total. The number of carbonyl (C=O) groups is 1. The zero-order chi connectivity index (χ0) is 14.9. The second kappa shape index (κ2) is 8.34. The number of hydrogen-bond acceptors (Lipinski definition) is 3. The molecule has 1 saturated carbocycles. The number of carbonyl (C=O) groups excluding carboxylic acids is 1. The molecule has 3 rings (SSSR count). The summed E-state index contributed by atoms with van der Waals surface area (Å²) in [6.45, 7) is 5.40. The molecule has 6 heteroatoms. The third kappa shape index (κ3) is 4.18. The van der Waals surface area contributed by atoms with Gasteiger partial charge in [-0.1, -0.05) is 36.8 Å². The summed E-state index contributed by atoms with van der Waals surface area (Å²) < 4.78 is 0. The standard InChI is InChI=1S/C17H25N3O.2ClH/c1-17(18,14-6-3-2-4-7-14)16(21)20-12-10-19(11-13-20)15-8-5-9-15;;/h2-4,6-7,15H,5,8-13,18H2,1H3;2*1H. The van der Waals surface area contributed by atoms with E-state index in [9.17, 15) is 4.79 Å². The van der Waals surface area contributed by atoms with E-state index >= 15 is 0 Å². The van der Waals surface area contributed by atoms with Gasteiger partial charge in [0.05, 0.1) is 0 Å². The van der Waals surface area contributed by atoms with Crippen LogP contribution in [0.15, 0.2) is 30.3 Å². The SMILES string of the molecule is CC(N)(C(=O)N1CCN(C2CCC2)CC1)c1ccccc1.Cl.Cl. The first-order chi connectivity index (χ1) is 10.1. The Morgan fingerprint density at radius 3 is 2.13 bits per heavy atom. The Labute approximate surface area is 151 Å². The molecular formula is C17H27Cl2N3O. The highest BCUT2D eigenvalue weighted by Crippen LogP contribution is 2.27. The number of rotatable bonds is 3. The van der Waals surface area contributed by atoms with Gasteiger partial charge in [-0.05, 0) is 25.3 Å². The first-order valence-electron chi connectivity index (χ1n) is 7.97. The lowest BCUT2D eigenvalue weighted by Gasteiger charge is -2.44. The van der Waals surface area contributed by atoms with Crippen LogP contribution in [-0.4, -0.2) is 47.9 Å². The van der Waals surface area contributed by atoms with Crippen LogP contribution >= 0.6 is 24.8 Å². The first kappa shape index (κ1) is 20.2. The molecule has 1 heterocycles. The maximum Gasteiger partial charge on any atom is 0.247 e. The summed E-state index contributed by atoms with van der Waals surface area (Å²) in [5, 5.41) is 0. The smallest absolute Gasteiger partial charge is 0.247 e. The molecule has 23 heavy (non-hydrogen) atoms. The second-order valence-corrected chi connectivity index (χ2v) is 6.48. The molecule has 1 aromatic carbocycles. The number of hydrogen-bond donors (Lipinski definition) is 1. The Balaban J connectivity index is 0.00000132. The van der Waals surface area contributed by atoms with E-state index in [2.05, 4.69) is 4.90 Å². The van der Waals surface area contributed by atoms with Crippen LogP contribution in [0.4, 0.5) is 0 Å². The van der Waals surface area contributed by atoms with Crippen molar-refractivity contribution in [3.8, 4) is 0 Å². The van der Waals surface area contributed by atoms with E-state index in [1.807, 2.05) is 42.2 Å². The van der Waals surface area contributed by atoms with Gasteiger partial charge in [0, 0.05) is 32.2 Å². The molecule has 1 aromatic rings. The number of nitrogens with zero attached hydrogens (tertiary/aromatic N) is 2. The number of piperazine rings is 1. The molecule has 2 N–H and O–H groups in total. The van der Waals surface area contributed by atoms with Gasteiger partial charge in [-0.25, -0.2) is 0 Å². The second-order valence-electron chi connectivity index (χ2n) is 6.48. The van der Waals surface area contributed by atoms with E-state index < -0.39 is 5.54 Å². The molecule has 1 aliphatic heterocycles. The van der Waals surface area contributed by atoms with Crippen LogP contribution in [0.3, 0.4) is 0 Å². The van der Waals surface area contributed by atoms with Crippen molar-refractivity contribution in [2.75, 3.05) is 26.2 Å². The molecule has 0 radical (unpaired) electrons. The van der Waals surface area contributed by atoms with E-state index in [0.29, 0.717) is 0 Å². The van der Waals surface area contributed by atoms with Crippen molar-refractivity contribution >= 4 is 30.7 Å². The lowest BCUT2D eigenvalue weighted by Crippen LogP contribution is -2.58. The summed E-state index contributed by atoms with van der Waals surface area (Å²) in [4.78, 5) is 17.2. The minimum atomic E-state index is -0.931. The van der Waals surface area contributed by atoms with Crippen LogP contribution in [0.5, 0.6) is 0 Å². The zero-order valence-electron chi connectivity index (χ0n) is 13.6. The molecule has 130 valence electrons. The highest BCUT2D eigenvalue weighted by Gasteiger charge is 2.37. The Bertz CT molecular complexity index is 498. The highest BCUT2D eigenvalue weighted by molar-refractivity contribution is 5.87. The third-order valence-corrected chi connectivity index (χ3v) is 5.01. The predicted octanol–water partition coefficient (Wildman–Crippen LogP) is 2.40. The quantitative estimate of drug-likeness (QED) is 0.901. The highest BCUT2D eigenvalue weighted by atomic mass is 35.5. The van der Waals surface area contributed by atoms with E-state index in [1.165, 1.54) is 19.3 Å². The van der Waals surface area contributed by atoms with Gasteiger partial charge in [-0.2, -0.15) is 0 Å². The molecular weight excluding hydrogens is 333 g/mol. The van der Waals surface area contributed by atoms with Crippen molar-refractivity contribution < 1.29 is 4.79 Å². The van der Waals surface area contributed by atoms with E-state index in [0.717, 1.165) is 37.8 Å². The summed E-state index contributed by atoms with van der Waals surface area (Å²) in [6, 6.07) is 10.4. The van der Waals surface area contributed by atoms with Gasteiger partial charge in [-0.15, -0.1) is 24.8 Å². The van der Waals surface area contributed by atoms with E-state index in [1.54, 1.807) is 0 Å². The van der Waals surface area contributed by atoms with Crippen LogP contribution < -0.4 is 5.73 Å². The van der Waals surface area contributed by atoms with Crippen LogP contribution in [0.2, 0.25) is 0 Å². The van der Waals surface area contributed by atoms with Crippen LogP contribution in [-0.2, 0) is 10.3 Å². The summed E-state index contributed by atoms with van der Waals surface area (Å²) in [5.41, 5.74) is 6.29. The fourth-order valence-electron chi connectivity index (χ4n) is 3.28. The first-order valence-corrected chi connectivity index (χ1v) is 7.97. The minimum Gasteiger partial charge on any atom is -0.338 e. The Morgan fingerprint density at radius 2 is 1.65 bits per heavy atom. The van der Waals surface area contributed by atoms with Gasteiger partial charge in [0.1, 0.15) is 5.54 Å². The maximum atomic E-state index is 12.8. The third-order valence-electron chi connectivity index (χ3n) is 5.01. The van der Waals surface area contributed by atoms with Gasteiger partial charge in [0.15, 0.2) is 0 Å². The Hall–Kier alpha value is -0.810. The lowest BCUT2D eigenvalue weighted by atomic mass is 9.90. The monoisotopic (exact) mass is 359 g/mol. The number of amides is 1. The average Bonchev–Trinajstić information content (AvgIpc) is 2.46. The molecule has 1 unspecified atom stereocenters. The minimum absolute atomic E-state index is 0. The van der Waals surface area contributed by atoms with Gasteiger partial charge < -0.3 is 10.6 Å². The molecule has 0 spiro atoms. The van der Waals surface area contributed by atoms with Crippen molar-refractivity contribution in [1.82, 2.24) is 9.80 Å². The summed E-state index contributed by atoms with van der Waals surface area (Å²) in [5.74, 6) is 0.0435. The van der Waals surface area contributed by atoms with E-state index in [-0.39, 0.29) is 30.7 Å². The molecule has 1 saturated heterocycles. The zero-order valence-corrected chi connectivity index (χ0v) is 15.2. The Kier molecular flexibility index (Phi) is 7.33. The van der Waals surface area contributed by atoms with Gasteiger partial charge in [-0.3, -0.25) is 9.69 Å². The van der Waals surface area contributed by atoms with Crippen molar-refractivity contribution in [1.29, 1.82) is 0 Å². The van der Waals surface area contributed by atoms with Gasteiger partial charge in [0.2, 0.25) is 5.91 Å². The van der Waals surface area contributed by atoms with Crippen LogP contribution in [0.25, 0.3) is 0 Å². The maximum absolute atomic E-state index is 12.8. The van der Waals surface area contributed by atoms with Crippen molar-refractivity contribution in [3.05, 3.63) is 35.9 Å². The topological polar surface area (TPSA) is 49.6 Å². The van der Waals surface area contributed by atoms with Crippen LogP contribution in [0, 0.1) is 0 Å². The van der Waals surface area contributed by atoms with Gasteiger partial charge >= 0.3 is 0 Å². The number of halogens is 2. The molecule has 2 fully saturated rings. The largest absolute Gasteiger partial charge is 0.338 e. The fourth-order valence-corrected chi connectivity index (χ4v) is 3.28. The normalized spacial score (nSPS) is 21.4. The fraction of sp³-hybridized carbons (Fsp3) is 0.588. The molecule has 2 aliphatic rings. The average molecular weight is 360 g/mol.